The lowest BCUT2D eigenvalue weighted by atomic mass is 10.1. The van der Waals surface area contributed by atoms with Crippen LogP contribution in [0.3, 0.4) is 0 Å². The molecule has 15 heavy (non-hydrogen) atoms. The molecule has 0 unspecified atom stereocenters. The fraction of sp³-hybridized carbons (Fsp3) is 0.556. The van der Waals surface area contributed by atoms with Crippen LogP contribution in [0, 0.1) is 4.77 Å². The molecule has 0 radical (unpaired) electrons. The van der Waals surface area contributed by atoms with Crippen molar-refractivity contribution < 1.29 is 14.4 Å². The first kappa shape index (κ1) is 11.9. The fourth-order valence-electron chi connectivity index (χ4n) is 1.36. The van der Waals surface area contributed by atoms with Gasteiger partial charge >= 0.3 is 0 Å². The second-order valence-electron chi connectivity index (χ2n) is 4.42. The Hall–Kier alpha value is -1.14. The van der Waals surface area contributed by atoms with E-state index in [1.165, 1.54) is 0 Å². The van der Waals surface area contributed by atoms with Gasteiger partial charge in [-0.25, -0.2) is 0 Å². The third-order valence-electron chi connectivity index (χ3n) is 2.27. The van der Waals surface area contributed by atoms with E-state index in [2.05, 4.69) is 9.97 Å². The Morgan fingerprint density at radius 1 is 1.60 bits per heavy atom. The van der Waals surface area contributed by atoms with E-state index in [0.717, 1.165) is 5.69 Å². The van der Waals surface area contributed by atoms with Crippen molar-refractivity contribution in [1.82, 2.24) is 9.97 Å². The first-order chi connectivity index (χ1) is 6.80. The van der Waals surface area contributed by atoms with Crippen LogP contribution in [0.1, 0.15) is 5.69 Å². The third kappa shape index (κ3) is 3.17. The number of carboxylic acids is 1. The van der Waals surface area contributed by atoms with Gasteiger partial charge < -0.3 is 24.4 Å². The molecule has 0 saturated heterocycles. The zero-order chi connectivity index (χ0) is 11.6. The van der Waals surface area contributed by atoms with Crippen LogP contribution in [-0.2, 0) is 11.2 Å². The van der Waals surface area contributed by atoms with Gasteiger partial charge in [0.15, 0.2) is 4.77 Å². The van der Waals surface area contributed by atoms with Gasteiger partial charge in [0.05, 0.1) is 27.1 Å². The van der Waals surface area contributed by atoms with E-state index < -0.39 is 12.0 Å². The van der Waals surface area contributed by atoms with Crippen LogP contribution in [0.25, 0.3) is 0 Å². The number of nitrogens with zero attached hydrogens (tertiary/aromatic N) is 1. The summed E-state index contributed by atoms with van der Waals surface area (Å²) in [7, 11) is 5.46. The summed E-state index contributed by atoms with van der Waals surface area (Å²) >= 11 is 4.87. The average molecular weight is 229 g/mol. The van der Waals surface area contributed by atoms with E-state index in [1.54, 1.807) is 6.20 Å². The van der Waals surface area contributed by atoms with Crippen molar-refractivity contribution in [2.75, 3.05) is 21.1 Å². The van der Waals surface area contributed by atoms with E-state index >= 15 is 0 Å². The van der Waals surface area contributed by atoms with Gasteiger partial charge in [-0.3, -0.25) is 0 Å². The highest BCUT2D eigenvalue weighted by molar-refractivity contribution is 7.71. The summed E-state index contributed by atoms with van der Waals surface area (Å²) in [6.07, 6.45) is 2.06. The molecule has 1 atom stereocenters. The minimum Gasteiger partial charge on any atom is -0.544 e. The van der Waals surface area contributed by atoms with E-state index in [0.29, 0.717) is 15.7 Å². The predicted octanol–water partition coefficient (Wildman–Crippen LogP) is -0.561. The van der Waals surface area contributed by atoms with Crippen molar-refractivity contribution in [3.63, 3.8) is 0 Å². The number of aliphatic carboxylic acids is 1. The molecule has 2 N–H and O–H groups in total. The van der Waals surface area contributed by atoms with Gasteiger partial charge in [0.1, 0.15) is 6.04 Å². The quantitative estimate of drug-likeness (QED) is 0.537. The SMILES string of the molecule is C[N+](C)(C)[C@H](Cc1c[nH]c(=S)[nH]1)C(=O)[O-]. The number of H-pyrrole nitrogens is 2. The van der Waals surface area contributed by atoms with Crippen molar-refractivity contribution in [1.29, 1.82) is 0 Å². The zero-order valence-corrected chi connectivity index (χ0v) is 9.85. The number of hydrogen-bond acceptors (Lipinski definition) is 3. The summed E-state index contributed by atoms with van der Waals surface area (Å²) < 4.78 is 0.817. The van der Waals surface area contributed by atoms with Crippen LogP contribution in [0.4, 0.5) is 0 Å². The standard InChI is InChI=1S/C9H15N3O2S/c1-12(2,3)7(8(13)14)4-6-5-10-9(15)11-6/h5,7H,4H2,1-3H3,(H2-,10,11,13,14,15)/t7-/m1/s1. The molecule has 0 fully saturated rings. The van der Waals surface area contributed by atoms with Crippen molar-refractivity contribution in [2.45, 2.75) is 12.5 Å². The number of imidazole rings is 1. The Morgan fingerprint density at radius 3 is 2.53 bits per heavy atom. The number of rotatable bonds is 4. The molecule has 6 heteroatoms. The zero-order valence-electron chi connectivity index (χ0n) is 9.03. The van der Waals surface area contributed by atoms with E-state index in [-0.39, 0.29) is 0 Å². The molecule has 0 aliphatic rings. The van der Waals surface area contributed by atoms with Crippen molar-refractivity contribution in [2.24, 2.45) is 0 Å². The molecule has 1 aromatic rings. The molecule has 1 rings (SSSR count). The predicted molar refractivity (Wildman–Crippen MR) is 56.5 cm³/mol. The molecule has 0 aliphatic carbocycles. The number of carbonyl (C=O) groups excluding carboxylic acids is 1. The number of aromatic amines is 2. The maximum absolute atomic E-state index is 11.0. The molecule has 0 saturated carbocycles. The average Bonchev–Trinajstić information content (AvgIpc) is 2.44. The molecular weight excluding hydrogens is 214 g/mol. The van der Waals surface area contributed by atoms with Gasteiger partial charge in [-0.15, -0.1) is 0 Å². The normalized spacial score (nSPS) is 13.8. The maximum Gasteiger partial charge on any atom is 0.174 e. The van der Waals surface area contributed by atoms with Crippen LogP contribution < -0.4 is 5.11 Å². The lowest BCUT2D eigenvalue weighted by Crippen LogP contribution is -2.55. The fourth-order valence-corrected chi connectivity index (χ4v) is 1.55. The maximum atomic E-state index is 11.0. The lowest BCUT2D eigenvalue weighted by molar-refractivity contribution is -0.889. The Bertz CT molecular complexity index is 402. The molecule has 84 valence electrons. The Kier molecular flexibility index (Phi) is 3.31. The van der Waals surface area contributed by atoms with Gasteiger partial charge in [-0.1, -0.05) is 0 Å². The molecule has 0 spiro atoms. The Labute approximate surface area is 93.3 Å². The van der Waals surface area contributed by atoms with Crippen molar-refractivity contribution in [3.05, 3.63) is 16.7 Å². The topological polar surface area (TPSA) is 71.7 Å². The molecular formula is C9H15N3O2S. The summed E-state index contributed by atoms with van der Waals surface area (Å²) in [5, 5.41) is 11.0. The molecule has 0 aliphatic heterocycles. The summed E-state index contributed by atoms with van der Waals surface area (Å²) in [6.45, 7) is 0. The highest BCUT2D eigenvalue weighted by Gasteiger charge is 2.25. The molecule has 0 bridgehead atoms. The van der Waals surface area contributed by atoms with Crippen LogP contribution in [0.5, 0.6) is 0 Å². The number of quaternary nitrogens is 1. The number of nitrogens with one attached hydrogen (secondary N) is 2. The van der Waals surface area contributed by atoms with Gasteiger partial charge in [-0.2, -0.15) is 0 Å². The number of hydrogen-bond donors (Lipinski definition) is 2. The number of carbonyl (C=O) groups is 1. The van der Waals surface area contributed by atoms with E-state index in [4.69, 9.17) is 12.2 Å². The number of aromatic nitrogens is 2. The third-order valence-corrected chi connectivity index (χ3v) is 2.49. The first-order valence-corrected chi connectivity index (χ1v) is 5.00. The van der Waals surface area contributed by atoms with Crippen LogP contribution in [0.15, 0.2) is 6.20 Å². The lowest BCUT2D eigenvalue weighted by Gasteiger charge is -2.34. The van der Waals surface area contributed by atoms with Gasteiger partial charge in [0.25, 0.3) is 0 Å². The Balaban J connectivity index is 2.85. The van der Waals surface area contributed by atoms with Crippen LogP contribution in [0.2, 0.25) is 0 Å². The van der Waals surface area contributed by atoms with Crippen LogP contribution >= 0.6 is 12.2 Å². The second-order valence-corrected chi connectivity index (χ2v) is 4.83. The van der Waals surface area contributed by atoms with Gasteiger partial charge in [-0.05, 0) is 12.2 Å². The molecule has 1 heterocycles. The monoisotopic (exact) mass is 229 g/mol. The van der Waals surface area contributed by atoms with Crippen molar-refractivity contribution >= 4 is 18.2 Å². The Morgan fingerprint density at radius 2 is 2.20 bits per heavy atom. The number of carboxylic acid groups (broad SMARTS) is 1. The van der Waals surface area contributed by atoms with E-state index in [1.807, 2.05) is 21.1 Å². The summed E-state index contributed by atoms with van der Waals surface area (Å²) in [6, 6.07) is -0.591. The minimum absolute atomic E-state index is 0.314. The number of likely N-dealkylation sites (N-methyl/N-ethyl adjacent to an activating group) is 1. The summed E-state index contributed by atoms with van der Waals surface area (Å²) in [5.74, 6) is -1.05. The first-order valence-electron chi connectivity index (χ1n) is 4.59. The summed E-state index contributed by atoms with van der Waals surface area (Å²) in [5.41, 5.74) is 0.780. The van der Waals surface area contributed by atoms with Crippen LogP contribution in [-0.4, -0.2) is 47.6 Å². The second kappa shape index (κ2) is 4.16. The van der Waals surface area contributed by atoms with E-state index in [9.17, 15) is 9.90 Å². The van der Waals surface area contributed by atoms with Gasteiger partial charge in [0, 0.05) is 18.3 Å². The molecule has 0 amide bonds. The minimum atomic E-state index is -1.05. The molecule has 1 aromatic heterocycles. The van der Waals surface area contributed by atoms with Crippen molar-refractivity contribution in [3.8, 4) is 0 Å². The van der Waals surface area contributed by atoms with Gasteiger partial charge in [0.2, 0.25) is 0 Å². The molecule has 5 nitrogen and oxygen atoms in total. The molecule has 0 aromatic carbocycles. The highest BCUT2D eigenvalue weighted by Crippen LogP contribution is 2.08. The summed E-state index contributed by atoms with van der Waals surface area (Å²) in [4.78, 5) is 16.7. The highest BCUT2D eigenvalue weighted by atomic mass is 32.1. The largest absolute Gasteiger partial charge is 0.544 e. The smallest absolute Gasteiger partial charge is 0.174 e.